The number of carbonyl (C=O) groups excluding carboxylic acids is 2. The van der Waals surface area contributed by atoms with Crippen LogP contribution >= 0.6 is 11.3 Å². The number of thiophene rings is 1. The first-order valence-corrected chi connectivity index (χ1v) is 8.28. The van der Waals surface area contributed by atoms with Gasteiger partial charge in [0.25, 0.3) is 5.91 Å². The topological polar surface area (TPSA) is 49.4 Å². The maximum Gasteiger partial charge on any atom is 0.261 e. The molecule has 1 aliphatic heterocycles. The van der Waals surface area contributed by atoms with E-state index in [1.54, 1.807) is 0 Å². The molecule has 4 nitrogen and oxygen atoms in total. The number of hydrogen-bond acceptors (Lipinski definition) is 3. The third kappa shape index (κ3) is 2.24. The van der Waals surface area contributed by atoms with E-state index in [1.165, 1.54) is 29.7 Å². The van der Waals surface area contributed by atoms with Gasteiger partial charge in [-0.1, -0.05) is 0 Å². The lowest BCUT2D eigenvalue weighted by Crippen LogP contribution is -2.37. The Morgan fingerprint density at radius 2 is 2.10 bits per heavy atom. The average molecular weight is 290 g/mol. The molecular formula is C15H18N2O2S. The van der Waals surface area contributed by atoms with Gasteiger partial charge in [0.05, 0.1) is 10.9 Å². The van der Waals surface area contributed by atoms with E-state index in [9.17, 15) is 9.59 Å². The van der Waals surface area contributed by atoms with Crippen LogP contribution in [0.15, 0.2) is 11.4 Å². The summed E-state index contributed by atoms with van der Waals surface area (Å²) in [4.78, 5) is 27.1. The van der Waals surface area contributed by atoms with Gasteiger partial charge in [0.1, 0.15) is 0 Å². The molecule has 2 aliphatic carbocycles. The molecule has 0 bridgehead atoms. The molecule has 2 amide bonds. The fraction of sp³-hybridized carbons (Fsp3) is 0.600. The van der Waals surface area contributed by atoms with Gasteiger partial charge >= 0.3 is 0 Å². The molecule has 5 heteroatoms. The number of nitrogens with zero attached hydrogens (tertiary/aromatic N) is 1. The lowest BCUT2D eigenvalue weighted by Gasteiger charge is -2.16. The SMILES string of the molecule is O=C(N[C@H]1CC(=O)N(C2CC2)C1)c1sccc1C1CC1. The monoisotopic (exact) mass is 290 g/mol. The second-order valence-electron chi connectivity index (χ2n) is 6.13. The molecule has 0 spiro atoms. The van der Waals surface area contributed by atoms with Crippen molar-refractivity contribution in [3.63, 3.8) is 0 Å². The van der Waals surface area contributed by atoms with Crippen LogP contribution < -0.4 is 5.32 Å². The molecule has 0 unspecified atom stereocenters. The number of carbonyl (C=O) groups is 2. The number of hydrogen-bond donors (Lipinski definition) is 1. The molecule has 2 heterocycles. The Morgan fingerprint density at radius 3 is 2.80 bits per heavy atom. The van der Waals surface area contributed by atoms with Gasteiger partial charge in [0, 0.05) is 19.0 Å². The van der Waals surface area contributed by atoms with Gasteiger partial charge in [-0.25, -0.2) is 0 Å². The van der Waals surface area contributed by atoms with E-state index in [1.807, 2.05) is 10.3 Å². The van der Waals surface area contributed by atoms with Gasteiger partial charge in [-0.3, -0.25) is 9.59 Å². The van der Waals surface area contributed by atoms with E-state index >= 15 is 0 Å². The number of nitrogens with one attached hydrogen (secondary N) is 1. The van der Waals surface area contributed by atoms with E-state index in [0.717, 1.165) is 17.7 Å². The van der Waals surface area contributed by atoms with E-state index in [0.29, 0.717) is 24.9 Å². The minimum Gasteiger partial charge on any atom is -0.346 e. The molecule has 0 radical (unpaired) electrons. The van der Waals surface area contributed by atoms with Crippen LogP contribution in [0, 0.1) is 0 Å². The lowest BCUT2D eigenvalue weighted by molar-refractivity contribution is -0.128. The van der Waals surface area contributed by atoms with E-state index in [-0.39, 0.29) is 17.9 Å². The summed E-state index contributed by atoms with van der Waals surface area (Å²) in [5.41, 5.74) is 1.20. The van der Waals surface area contributed by atoms with Gasteiger partial charge in [-0.15, -0.1) is 11.3 Å². The molecule has 106 valence electrons. The number of likely N-dealkylation sites (tertiary alicyclic amines) is 1. The Hall–Kier alpha value is -1.36. The summed E-state index contributed by atoms with van der Waals surface area (Å²) in [5.74, 6) is 0.805. The van der Waals surface area contributed by atoms with Gasteiger partial charge in [0.15, 0.2) is 0 Å². The molecule has 20 heavy (non-hydrogen) atoms. The quantitative estimate of drug-likeness (QED) is 0.923. The highest BCUT2D eigenvalue weighted by Gasteiger charge is 2.40. The minimum absolute atomic E-state index is 0.00949. The fourth-order valence-corrected chi connectivity index (χ4v) is 3.93. The summed E-state index contributed by atoms with van der Waals surface area (Å²) in [6.45, 7) is 0.694. The molecule has 2 saturated carbocycles. The summed E-state index contributed by atoms with van der Waals surface area (Å²) >= 11 is 1.52. The zero-order chi connectivity index (χ0) is 13.7. The Balaban J connectivity index is 1.42. The molecular weight excluding hydrogens is 272 g/mol. The predicted molar refractivity (Wildman–Crippen MR) is 76.9 cm³/mol. The zero-order valence-electron chi connectivity index (χ0n) is 11.3. The minimum atomic E-state index is -0.00949. The highest BCUT2D eigenvalue weighted by Crippen LogP contribution is 2.43. The van der Waals surface area contributed by atoms with Gasteiger partial charge < -0.3 is 10.2 Å². The first-order chi connectivity index (χ1) is 9.72. The standard InChI is InChI=1S/C15H18N2O2S/c18-13-7-10(8-17(13)11-3-4-11)16-15(19)14-12(5-6-20-14)9-1-2-9/h5-6,9-11H,1-4,7-8H2,(H,16,19)/t10-/m0/s1. The summed E-state index contributed by atoms with van der Waals surface area (Å²) < 4.78 is 0. The van der Waals surface area contributed by atoms with E-state index in [2.05, 4.69) is 11.4 Å². The Labute approximate surface area is 122 Å². The molecule has 1 N–H and O–H groups in total. The van der Waals surface area contributed by atoms with Crippen molar-refractivity contribution < 1.29 is 9.59 Å². The van der Waals surface area contributed by atoms with Crippen LogP contribution in [0.3, 0.4) is 0 Å². The maximum absolute atomic E-state index is 12.4. The molecule has 1 saturated heterocycles. The van der Waals surface area contributed by atoms with Crippen molar-refractivity contribution in [2.75, 3.05) is 6.54 Å². The predicted octanol–water partition coefficient (Wildman–Crippen LogP) is 2.12. The van der Waals surface area contributed by atoms with E-state index in [4.69, 9.17) is 0 Å². The summed E-state index contributed by atoms with van der Waals surface area (Å²) in [6, 6.07) is 2.52. The lowest BCUT2D eigenvalue weighted by atomic mass is 10.1. The fourth-order valence-electron chi connectivity index (χ4n) is 3.04. The smallest absolute Gasteiger partial charge is 0.261 e. The second kappa shape index (κ2) is 4.58. The van der Waals surface area contributed by atoms with Crippen molar-refractivity contribution in [2.24, 2.45) is 0 Å². The summed E-state index contributed by atoms with van der Waals surface area (Å²) in [5, 5.41) is 5.06. The summed E-state index contributed by atoms with van der Waals surface area (Å²) in [7, 11) is 0. The molecule has 3 aliphatic rings. The van der Waals surface area contributed by atoms with Crippen molar-refractivity contribution >= 4 is 23.2 Å². The normalized spacial score (nSPS) is 26.1. The van der Waals surface area contributed by atoms with Crippen LogP contribution in [0.5, 0.6) is 0 Å². The summed E-state index contributed by atoms with van der Waals surface area (Å²) in [6.07, 6.45) is 5.13. The van der Waals surface area contributed by atoms with Crippen LogP contribution in [-0.4, -0.2) is 35.3 Å². The van der Waals surface area contributed by atoms with Crippen molar-refractivity contribution in [1.82, 2.24) is 10.2 Å². The van der Waals surface area contributed by atoms with Crippen LogP contribution in [0.4, 0.5) is 0 Å². The molecule has 0 aromatic carbocycles. The van der Waals surface area contributed by atoms with Crippen LogP contribution in [-0.2, 0) is 4.79 Å². The number of amides is 2. The van der Waals surface area contributed by atoms with Crippen LogP contribution in [0.1, 0.15) is 53.3 Å². The molecule has 3 fully saturated rings. The van der Waals surface area contributed by atoms with Crippen molar-refractivity contribution in [3.05, 3.63) is 21.9 Å². The first kappa shape index (κ1) is 12.4. The third-order valence-corrected chi connectivity index (χ3v) is 5.33. The van der Waals surface area contributed by atoms with E-state index < -0.39 is 0 Å². The third-order valence-electron chi connectivity index (χ3n) is 4.40. The van der Waals surface area contributed by atoms with Gasteiger partial charge in [-0.05, 0) is 48.6 Å². The first-order valence-electron chi connectivity index (χ1n) is 7.40. The number of rotatable bonds is 4. The molecule has 1 atom stereocenters. The largest absolute Gasteiger partial charge is 0.346 e. The molecule has 1 aromatic heterocycles. The molecule has 1 aromatic rings. The van der Waals surface area contributed by atoms with Crippen LogP contribution in [0.2, 0.25) is 0 Å². The van der Waals surface area contributed by atoms with Crippen molar-refractivity contribution in [1.29, 1.82) is 0 Å². The Bertz CT molecular complexity index is 560. The highest BCUT2D eigenvalue weighted by atomic mass is 32.1. The van der Waals surface area contributed by atoms with Gasteiger partial charge in [0.2, 0.25) is 5.91 Å². The zero-order valence-corrected chi connectivity index (χ0v) is 12.1. The highest BCUT2D eigenvalue weighted by molar-refractivity contribution is 7.12. The van der Waals surface area contributed by atoms with Gasteiger partial charge in [-0.2, -0.15) is 0 Å². The van der Waals surface area contributed by atoms with Crippen LogP contribution in [0.25, 0.3) is 0 Å². The maximum atomic E-state index is 12.4. The van der Waals surface area contributed by atoms with Crippen molar-refractivity contribution in [3.8, 4) is 0 Å². The van der Waals surface area contributed by atoms with Crippen molar-refractivity contribution in [2.45, 2.75) is 50.1 Å². The molecule has 4 rings (SSSR count). The second-order valence-corrected chi connectivity index (χ2v) is 7.05. The Morgan fingerprint density at radius 1 is 1.30 bits per heavy atom. The average Bonchev–Trinajstić information content (AvgIpc) is 3.35. The Kier molecular flexibility index (Phi) is 2.84.